The number of benzene rings is 1. The summed E-state index contributed by atoms with van der Waals surface area (Å²) in [7, 11) is -1.96. The van der Waals surface area contributed by atoms with E-state index in [1.165, 1.54) is 4.90 Å². The molecule has 1 aromatic carbocycles. The van der Waals surface area contributed by atoms with Gasteiger partial charge in [-0.2, -0.15) is 0 Å². The number of amides is 2. The molecule has 3 rings (SSSR count). The van der Waals surface area contributed by atoms with Gasteiger partial charge in [-0.1, -0.05) is 12.1 Å². The number of nitrogens with zero attached hydrogens (tertiary/aromatic N) is 2. The van der Waals surface area contributed by atoms with Gasteiger partial charge in [0.2, 0.25) is 11.8 Å². The third kappa shape index (κ3) is 3.18. The van der Waals surface area contributed by atoms with E-state index < -0.39 is 20.5 Å². The van der Waals surface area contributed by atoms with Crippen molar-refractivity contribution in [1.82, 2.24) is 9.80 Å². The number of hydrogen-bond acceptors (Lipinski definition) is 5. The summed E-state index contributed by atoms with van der Waals surface area (Å²) >= 11 is 0. The number of likely N-dealkylation sites (tertiary alicyclic amines) is 1. The molecule has 0 N–H and O–H groups in total. The zero-order valence-corrected chi connectivity index (χ0v) is 15.9. The van der Waals surface area contributed by atoms with Crippen molar-refractivity contribution in [2.45, 2.75) is 31.1 Å². The van der Waals surface area contributed by atoms with Crippen molar-refractivity contribution >= 4 is 21.7 Å². The van der Waals surface area contributed by atoms with Crippen LogP contribution in [-0.2, 0) is 25.8 Å². The molecule has 8 heteroatoms. The Morgan fingerprint density at radius 2 is 1.81 bits per heavy atom. The zero-order chi connectivity index (χ0) is 18.9. The van der Waals surface area contributed by atoms with Crippen molar-refractivity contribution in [3.8, 4) is 5.75 Å². The van der Waals surface area contributed by atoms with E-state index in [1.54, 1.807) is 11.9 Å². The summed E-state index contributed by atoms with van der Waals surface area (Å²) in [6.07, 6.45) is 0.806. The first kappa shape index (κ1) is 18.7. The standard InChI is InChI=1S/C18H24N2O5S/c1-3-25-15-6-4-14(5-7-15)12-16(21)20-10-8-18(9-11-20)19(2)17(22)13-26(18,23)24/h4-7H,3,8-13H2,1-2H3. The first-order chi connectivity index (χ1) is 12.3. The Morgan fingerprint density at radius 3 is 2.31 bits per heavy atom. The van der Waals surface area contributed by atoms with E-state index in [-0.39, 0.29) is 31.1 Å². The number of hydrogen-bond donors (Lipinski definition) is 0. The van der Waals surface area contributed by atoms with Crippen molar-refractivity contribution in [2.24, 2.45) is 0 Å². The van der Waals surface area contributed by atoms with Gasteiger partial charge in [0.1, 0.15) is 16.4 Å². The monoisotopic (exact) mass is 380 g/mol. The number of piperidine rings is 1. The van der Waals surface area contributed by atoms with Crippen LogP contribution in [0.1, 0.15) is 25.3 Å². The third-order valence-electron chi connectivity index (χ3n) is 5.36. The van der Waals surface area contributed by atoms with E-state index in [2.05, 4.69) is 0 Å². The highest BCUT2D eigenvalue weighted by Gasteiger charge is 2.56. The van der Waals surface area contributed by atoms with Crippen molar-refractivity contribution in [2.75, 3.05) is 32.5 Å². The van der Waals surface area contributed by atoms with Crippen molar-refractivity contribution < 1.29 is 22.7 Å². The Hall–Kier alpha value is -2.09. The van der Waals surface area contributed by atoms with Gasteiger partial charge in [-0.25, -0.2) is 8.42 Å². The van der Waals surface area contributed by atoms with Crippen molar-refractivity contribution in [1.29, 1.82) is 0 Å². The highest BCUT2D eigenvalue weighted by Crippen LogP contribution is 2.38. The van der Waals surface area contributed by atoms with Crippen LogP contribution in [0.15, 0.2) is 24.3 Å². The highest BCUT2D eigenvalue weighted by molar-refractivity contribution is 7.93. The minimum atomic E-state index is -3.50. The molecule has 2 heterocycles. The van der Waals surface area contributed by atoms with Gasteiger partial charge in [0.15, 0.2) is 9.84 Å². The Kier molecular flexibility index (Phi) is 4.96. The molecule has 2 fully saturated rings. The minimum Gasteiger partial charge on any atom is -0.494 e. The molecule has 0 unspecified atom stereocenters. The molecule has 0 aromatic heterocycles. The molecular weight excluding hydrogens is 356 g/mol. The fraction of sp³-hybridized carbons (Fsp3) is 0.556. The van der Waals surface area contributed by atoms with Crippen LogP contribution in [0.3, 0.4) is 0 Å². The van der Waals surface area contributed by atoms with Gasteiger partial charge in [-0.15, -0.1) is 0 Å². The van der Waals surface area contributed by atoms with Crippen LogP contribution >= 0.6 is 0 Å². The normalized spacial score (nSPS) is 21.2. The predicted octanol–water partition coefficient (Wildman–Crippen LogP) is 0.833. The lowest BCUT2D eigenvalue weighted by molar-refractivity contribution is -0.134. The maximum Gasteiger partial charge on any atom is 0.238 e. The summed E-state index contributed by atoms with van der Waals surface area (Å²) in [4.78, 5) is 26.3. The lowest BCUT2D eigenvalue weighted by Crippen LogP contribution is -2.55. The van der Waals surface area contributed by atoms with Gasteiger partial charge in [0, 0.05) is 33.0 Å². The van der Waals surface area contributed by atoms with Gasteiger partial charge in [0.25, 0.3) is 0 Å². The lowest BCUT2D eigenvalue weighted by Gasteiger charge is -2.41. The number of sulfone groups is 1. The molecule has 7 nitrogen and oxygen atoms in total. The Labute approximate surface area is 153 Å². The highest BCUT2D eigenvalue weighted by atomic mass is 32.2. The molecule has 0 bridgehead atoms. The summed E-state index contributed by atoms with van der Waals surface area (Å²) < 4.78 is 30.3. The number of ether oxygens (including phenoxy) is 1. The average molecular weight is 380 g/mol. The fourth-order valence-electron chi connectivity index (χ4n) is 3.74. The smallest absolute Gasteiger partial charge is 0.238 e. The molecule has 142 valence electrons. The number of carbonyl (C=O) groups excluding carboxylic acids is 2. The topological polar surface area (TPSA) is 84.0 Å². The second-order valence-corrected chi connectivity index (χ2v) is 9.07. The fourth-order valence-corrected chi connectivity index (χ4v) is 5.85. The van der Waals surface area contributed by atoms with Crippen molar-refractivity contribution in [3.63, 3.8) is 0 Å². The lowest BCUT2D eigenvalue weighted by atomic mass is 10.0. The second kappa shape index (κ2) is 6.90. The molecular formula is C18H24N2O5S. The summed E-state index contributed by atoms with van der Waals surface area (Å²) in [6.45, 7) is 3.18. The maximum absolute atomic E-state index is 12.6. The van der Waals surface area contributed by atoms with Crippen LogP contribution in [0.4, 0.5) is 0 Å². The molecule has 0 radical (unpaired) electrons. The van der Waals surface area contributed by atoms with Gasteiger partial charge in [-0.3, -0.25) is 9.59 Å². The first-order valence-corrected chi connectivity index (χ1v) is 10.4. The van der Waals surface area contributed by atoms with Gasteiger partial charge < -0.3 is 14.5 Å². The third-order valence-corrected chi connectivity index (χ3v) is 7.83. The zero-order valence-electron chi connectivity index (χ0n) is 15.1. The molecule has 2 amide bonds. The molecule has 0 atom stereocenters. The molecule has 2 saturated heterocycles. The van der Waals surface area contributed by atoms with Crippen LogP contribution in [0.5, 0.6) is 5.75 Å². The Morgan fingerprint density at radius 1 is 1.19 bits per heavy atom. The van der Waals surface area contributed by atoms with E-state index in [1.807, 2.05) is 31.2 Å². The predicted molar refractivity (Wildman–Crippen MR) is 96.4 cm³/mol. The molecule has 2 aliphatic rings. The van der Waals surface area contributed by atoms with Crippen LogP contribution in [0.2, 0.25) is 0 Å². The average Bonchev–Trinajstić information content (AvgIpc) is 2.77. The van der Waals surface area contributed by atoms with Crippen molar-refractivity contribution in [3.05, 3.63) is 29.8 Å². The number of carbonyl (C=O) groups is 2. The molecule has 26 heavy (non-hydrogen) atoms. The SMILES string of the molecule is CCOc1ccc(CC(=O)N2CCC3(CC2)N(C)C(=O)CS3(=O)=O)cc1. The largest absolute Gasteiger partial charge is 0.494 e. The Bertz CT molecular complexity index is 795. The molecule has 1 aromatic rings. The van der Waals surface area contributed by atoms with E-state index in [9.17, 15) is 18.0 Å². The van der Waals surface area contributed by atoms with E-state index >= 15 is 0 Å². The van der Waals surface area contributed by atoms with E-state index in [0.717, 1.165) is 11.3 Å². The van der Waals surface area contributed by atoms with Crippen LogP contribution in [0.25, 0.3) is 0 Å². The summed E-state index contributed by atoms with van der Waals surface area (Å²) in [6, 6.07) is 7.40. The van der Waals surface area contributed by atoms with Gasteiger partial charge >= 0.3 is 0 Å². The summed E-state index contributed by atoms with van der Waals surface area (Å²) in [5.74, 6) is -0.0563. The first-order valence-electron chi connectivity index (χ1n) is 8.77. The minimum absolute atomic E-state index is 0.0339. The molecule has 0 saturated carbocycles. The Balaban J connectivity index is 1.63. The second-order valence-electron chi connectivity index (χ2n) is 6.79. The molecule has 2 aliphatic heterocycles. The molecule has 1 spiro atoms. The van der Waals surface area contributed by atoms with Crippen LogP contribution in [0, 0.1) is 0 Å². The van der Waals surface area contributed by atoms with Gasteiger partial charge in [0.05, 0.1) is 13.0 Å². The van der Waals surface area contributed by atoms with E-state index in [4.69, 9.17) is 4.74 Å². The molecule has 0 aliphatic carbocycles. The van der Waals surface area contributed by atoms with Gasteiger partial charge in [-0.05, 0) is 24.6 Å². The summed E-state index contributed by atoms with van der Waals surface area (Å²) in [5.41, 5.74) is 0.888. The van der Waals surface area contributed by atoms with Crippen LogP contribution in [-0.4, -0.2) is 67.4 Å². The number of rotatable bonds is 4. The maximum atomic E-state index is 12.6. The van der Waals surface area contributed by atoms with E-state index in [0.29, 0.717) is 19.7 Å². The quantitative estimate of drug-likeness (QED) is 0.773. The summed E-state index contributed by atoms with van der Waals surface area (Å²) in [5, 5.41) is 0. The van der Waals surface area contributed by atoms with Crippen LogP contribution < -0.4 is 4.74 Å².